The number of halogens is 4. The number of rotatable bonds is 38. The van der Waals surface area contributed by atoms with Gasteiger partial charge in [0.2, 0.25) is 61.9 Å². The molecule has 39 nitrogen and oxygen atoms in total. The highest BCUT2D eigenvalue weighted by molar-refractivity contribution is 7.91. The minimum Gasteiger partial charge on any atom is -0.481 e. The number of nitrogens with one attached hydrogen (secondary N) is 10. The molecule has 11 aromatic rings. The predicted octanol–water partition coefficient (Wildman–Crippen LogP) is 17.8. The molecule has 0 fully saturated rings. The van der Waals surface area contributed by atoms with Crippen LogP contribution in [0.1, 0.15) is 142 Å². The zero-order chi connectivity index (χ0) is 109. The summed E-state index contributed by atoms with van der Waals surface area (Å²) in [6.45, 7) is 26.3. The Balaban J connectivity index is 0.000000207. The van der Waals surface area contributed by atoms with E-state index in [9.17, 15) is 83.6 Å². The van der Waals surface area contributed by atoms with Crippen molar-refractivity contribution in [2.75, 3.05) is 119 Å². The highest BCUT2D eigenvalue weighted by Crippen LogP contribution is 2.44. The first-order valence-electron chi connectivity index (χ1n) is 46.4. The summed E-state index contributed by atoms with van der Waals surface area (Å²) < 4.78 is 219. The van der Waals surface area contributed by atoms with Gasteiger partial charge in [0.1, 0.15) is 35.7 Å². The number of ether oxygens (including phenoxy) is 6. The van der Waals surface area contributed by atoms with Crippen LogP contribution in [0.3, 0.4) is 0 Å². The smallest absolute Gasteiger partial charge is 0.332 e. The fourth-order valence-electron chi connectivity index (χ4n) is 15.6. The van der Waals surface area contributed by atoms with Gasteiger partial charge in [-0.1, -0.05) is 72.9 Å². The Labute approximate surface area is 863 Å². The number of pyridine rings is 6. The van der Waals surface area contributed by atoms with E-state index >= 15 is 0 Å². The first kappa shape index (κ1) is 118. The van der Waals surface area contributed by atoms with Crippen molar-refractivity contribution < 1.29 is 112 Å². The van der Waals surface area contributed by atoms with Crippen molar-refractivity contribution in [1.82, 2.24) is 53.5 Å². The summed E-state index contributed by atoms with van der Waals surface area (Å²) in [6.07, 6.45) is 17.8. The van der Waals surface area contributed by atoms with Crippen molar-refractivity contribution in [3.63, 3.8) is 0 Å². The molecule has 5 aromatic carbocycles. The zero-order valence-corrected chi connectivity index (χ0v) is 87.7. The summed E-state index contributed by atoms with van der Waals surface area (Å²) in [5, 5.41) is 13.1. The van der Waals surface area contributed by atoms with Crippen LogP contribution < -0.4 is 59.7 Å². The third kappa shape index (κ3) is 36.1. The fraction of sp³-hybridized carbons (Fsp3) is 0.337. The quantitative estimate of drug-likeness (QED) is 0.00976. The molecule has 10 amide bonds. The largest absolute Gasteiger partial charge is 0.481 e. The molecule has 0 spiro atoms. The SMILES string of the molecule is COCCCS(=O)(=O)NC(=O)Nc1c(-c2ccnc(OC)c2)cc(F)cc1C(C)C.COCCCS(=O)(=O)NC(=O)Nc1c(-c2ccnc(OC)c2)ccc2c1CCC2.COCCCS(=O)(=O)NC(=O)Nc1c(-c2ccncc2)cc(F)c2c1CCC2.[C-]#[N+]c1cc(-c2cc(F)cc(C(C)C)c2NC(=O)NS(=O)(=O)CCCOC)ccn1.[C-]#[N+]c1cc(-c2cc(F)cc(C(C)C)c2NC(=O)NS(=O)(=O)Cc2cccnc2)ccn1. The molecule has 10 N–H and O–H groups in total. The molecule has 6 heterocycles. The van der Waals surface area contributed by atoms with E-state index in [1.165, 1.54) is 128 Å². The minimum atomic E-state index is -4.01. The third-order valence-electron chi connectivity index (χ3n) is 22.3. The number of aromatic nitrogens is 6. The predicted molar refractivity (Wildman–Crippen MR) is 559 cm³/mol. The lowest BCUT2D eigenvalue weighted by Crippen LogP contribution is -2.36. The number of fused-ring (bicyclic) bond motifs is 2. The first-order chi connectivity index (χ1) is 70.8. The molecular formula is C101H116F4N18O21S5. The number of hydrogen-bond acceptors (Lipinski definition) is 27. The van der Waals surface area contributed by atoms with Crippen molar-refractivity contribution in [2.45, 2.75) is 129 Å². The van der Waals surface area contributed by atoms with Crippen LogP contribution >= 0.6 is 0 Å². The Morgan fingerprint density at radius 1 is 0.356 bits per heavy atom. The number of aryl methyl sites for hydroxylation is 1. The molecule has 13 rings (SSSR count). The van der Waals surface area contributed by atoms with Crippen molar-refractivity contribution in [3.05, 3.63) is 268 Å². The average Bonchev–Trinajstić information content (AvgIpc) is 1.48. The van der Waals surface area contributed by atoms with Crippen LogP contribution in [0.15, 0.2) is 177 Å². The van der Waals surface area contributed by atoms with Crippen molar-refractivity contribution in [3.8, 4) is 67.4 Å². The fourth-order valence-corrected chi connectivity index (χ4v) is 20.4. The van der Waals surface area contributed by atoms with Crippen molar-refractivity contribution >= 4 is 120 Å². The van der Waals surface area contributed by atoms with Crippen molar-refractivity contribution in [2.24, 2.45) is 0 Å². The molecule has 2 aliphatic carbocycles. The summed E-state index contributed by atoms with van der Waals surface area (Å²) in [5.74, 6) is -2.75. The van der Waals surface area contributed by atoms with Gasteiger partial charge in [-0.05, 0) is 251 Å². The maximum Gasteiger partial charge on any atom is 0.332 e. The van der Waals surface area contributed by atoms with Gasteiger partial charge < -0.3 is 64.7 Å². The van der Waals surface area contributed by atoms with E-state index in [-0.39, 0.29) is 109 Å². The van der Waals surface area contributed by atoms with Crippen LogP contribution in [0.25, 0.3) is 65.3 Å². The normalized spacial score (nSPS) is 12.0. The number of nitrogens with zero attached hydrogens (tertiary/aromatic N) is 8. The summed E-state index contributed by atoms with van der Waals surface area (Å²) in [7, 11) is -10.4. The Morgan fingerprint density at radius 3 is 1.06 bits per heavy atom. The third-order valence-corrected chi connectivity index (χ3v) is 28.8. The molecule has 48 heteroatoms. The second kappa shape index (κ2) is 55.9. The highest BCUT2D eigenvalue weighted by atomic mass is 32.2. The lowest BCUT2D eigenvalue weighted by molar-refractivity contribution is 0.199. The van der Waals surface area contributed by atoms with E-state index < -0.39 is 103 Å². The minimum absolute atomic E-state index is 0.104. The van der Waals surface area contributed by atoms with E-state index in [2.05, 4.69) is 77.0 Å². The monoisotopic (exact) mass is 2150 g/mol. The molecule has 2 aliphatic rings. The van der Waals surface area contributed by atoms with Gasteiger partial charge in [-0.3, -0.25) is 9.97 Å². The second-order valence-electron chi connectivity index (χ2n) is 34.3. The number of benzene rings is 5. The van der Waals surface area contributed by atoms with Gasteiger partial charge in [0.05, 0.1) is 71.4 Å². The molecular weight excluding hydrogens is 2040 g/mol. The van der Waals surface area contributed by atoms with Gasteiger partial charge in [0.25, 0.3) is 11.6 Å². The number of hydrogen-bond donors (Lipinski definition) is 10. The topological polar surface area (TPSA) is 518 Å². The summed E-state index contributed by atoms with van der Waals surface area (Å²) in [6, 6.07) is 28.0. The maximum atomic E-state index is 14.5. The van der Waals surface area contributed by atoms with E-state index in [1.54, 1.807) is 73.2 Å². The molecule has 0 saturated heterocycles. The number of anilines is 5. The van der Waals surface area contributed by atoms with Gasteiger partial charge in [-0.25, -0.2) is 117 Å². The van der Waals surface area contributed by atoms with Crippen LogP contribution in [0.2, 0.25) is 0 Å². The van der Waals surface area contributed by atoms with Crippen molar-refractivity contribution in [1.29, 1.82) is 0 Å². The first-order valence-corrected chi connectivity index (χ1v) is 54.6. The molecule has 149 heavy (non-hydrogen) atoms. The molecule has 0 saturated carbocycles. The number of urea groups is 5. The van der Waals surface area contributed by atoms with Gasteiger partial charge >= 0.3 is 30.2 Å². The van der Waals surface area contributed by atoms with Gasteiger partial charge in [0.15, 0.2) is 0 Å². The van der Waals surface area contributed by atoms with E-state index in [4.69, 9.17) is 41.6 Å². The van der Waals surface area contributed by atoms with Crippen LogP contribution in [0.5, 0.6) is 11.8 Å². The van der Waals surface area contributed by atoms with Crippen LogP contribution in [0, 0.1) is 36.4 Å². The summed E-state index contributed by atoms with van der Waals surface area (Å²) in [5.41, 5.74) is 12.5. The Bertz CT molecular complexity index is 7290. The van der Waals surface area contributed by atoms with Crippen LogP contribution in [-0.2, 0) is 101 Å². The molecule has 0 aliphatic heterocycles. The standard InChI is InChI=1S/C22H20FN5O3S.C20H23FN4O4S.C20H26FN3O5S.C20H25N3O5S.C19H22FN3O4S/c1-14(2)18-10-17(23)11-19(16-6-8-26-20(9-16)24-3)21(18)27-22(29)28-32(30,31)13-15-5-4-7-25-12-15;1-13(2)16-11-15(21)12-17(14-6-7-23-18(10-14)22-3)19(16)24-20(26)25-30(27,28)9-5-8-29-4;1-13(2)16-11-15(21)12-17(14-6-7-22-18(10-14)29-4)19(16)23-20(25)24-30(26,27)9-5-8-28-3;1-27-11-4-12-29(25,26)23-20(24)22-19-16-6-3-5-14(16)7-8-17(19)15-9-10-21-18(13-15)28-2;1-27-10-3-11-28(25,26)23-19(24)22-18-15-5-2-4-14(15)17(20)12-16(18)13-6-8-21-9-7-13/h4-12,14H,13H2,1-2H3,(H2,27,28,29);6-7,10-13H,5,8-9H2,1-2,4H3,(H2,24,25,26);6-7,10-13H,5,8-9H2,1-4H3,(H2,23,24,25);7-10,13H,3-6,11-12H2,1-2H3,(H2,22,23,24);6-9,12H,2-5,10-11H2,1H3,(H2,22,23,24). The van der Waals surface area contributed by atoms with Gasteiger partial charge in [0, 0.05) is 132 Å². The zero-order valence-electron chi connectivity index (χ0n) is 83.6. The maximum absolute atomic E-state index is 14.5. The average molecular weight is 2150 g/mol. The Hall–Kier alpha value is -14.8. The number of carbonyl (C=O) groups is 5. The summed E-state index contributed by atoms with van der Waals surface area (Å²) in [4.78, 5) is 92.7. The Morgan fingerprint density at radius 2 is 0.691 bits per heavy atom. The van der Waals surface area contributed by atoms with E-state index in [1.807, 2.05) is 72.6 Å². The van der Waals surface area contributed by atoms with Crippen LogP contribution in [0.4, 0.5) is 81.6 Å². The molecule has 794 valence electrons. The van der Waals surface area contributed by atoms with E-state index in [0.717, 1.165) is 47.9 Å². The van der Waals surface area contributed by atoms with Gasteiger partial charge in [-0.2, -0.15) is 0 Å². The number of sulfonamides is 5. The Kier molecular flexibility index (Phi) is 44.2. The number of methoxy groups -OCH3 is 6. The molecule has 0 atom stereocenters. The number of amides is 10. The van der Waals surface area contributed by atoms with E-state index in [0.29, 0.717) is 133 Å². The summed E-state index contributed by atoms with van der Waals surface area (Å²) >= 11 is 0. The molecule has 0 radical (unpaired) electrons. The lowest BCUT2D eigenvalue weighted by Gasteiger charge is -2.19. The van der Waals surface area contributed by atoms with Crippen LogP contribution in [-0.4, -0.2) is 194 Å². The molecule has 6 aromatic heterocycles. The molecule has 0 unspecified atom stereocenters. The highest BCUT2D eigenvalue weighted by Gasteiger charge is 2.31. The lowest BCUT2D eigenvalue weighted by atomic mass is 9.94. The second-order valence-corrected chi connectivity index (χ2v) is 43.4. The number of carbonyl (C=O) groups excluding carboxylic acids is 5. The molecule has 0 bridgehead atoms. The van der Waals surface area contributed by atoms with Gasteiger partial charge in [-0.15, -0.1) is 9.97 Å².